The van der Waals surface area contributed by atoms with Gasteiger partial charge >= 0.3 is 0 Å². The molecule has 2 aromatic rings. The number of fused-ring (bicyclic) bond motifs is 2. The van der Waals surface area contributed by atoms with Crippen LogP contribution in [0.5, 0.6) is 11.5 Å². The van der Waals surface area contributed by atoms with Crippen LogP contribution in [0.15, 0.2) is 48.5 Å². The van der Waals surface area contributed by atoms with Gasteiger partial charge in [0.25, 0.3) is 5.91 Å². The topological polar surface area (TPSA) is 436 Å². The monoisotopic (exact) mass is 1100 g/mol. The van der Waals surface area contributed by atoms with Crippen molar-refractivity contribution in [3.8, 4) is 11.5 Å². The first kappa shape index (κ1) is 62.3. The van der Waals surface area contributed by atoms with Crippen LogP contribution in [0.25, 0.3) is 0 Å². The Balaban J connectivity index is 1.57. The van der Waals surface area contributed by atoms with Crippen molar-refractivity contribution in [2.75, 3.05) is 32.8 Å². The Morgan fingerprint density at radius 2 is 1.37 bits per heavy atom. The van der Waals surface area contributed by atoms with Crippen LogP contribution in [0.3, 0.4) is 0 Å². The second-order valence-corrected chi connectivity index (χ2v) is 19.8. The zero-order valence-corrected chi connectivity index (χ0v) is 43.5. The lowest BCUT2D eigenvalue weighted by atomic mass is 9.96. The zero-order chi connectivity index (χ0) is 57.4. The highest BCUT2D eigenvalue weighted by molar-refractivity contribution is 6.00. The summed E-state index contributed by atoms with van der Waals surface area (Å²) >= 11 is 0. The van der Waals surface area contributed by atoms with E-state index in [4.69, 9.17) is 20.9 Å². The number of phenols is 1. The maximum Gasteiger partial charge on any atom is 0.251 e. The summed E-state index contributed by atoms with van der Waals surface area (Å²) < 4.78 is 11.5. The van der Waals surface area contributed by atoms with E-state index < -0.39 is 165 Å². The number of aliphatic hydroxyl groups is 7. The van der Waals surface area contributed by atoms with E-state index in [0.29, 0.717) is 12.4 Å². The Morgan fingerprint density at radius 1 is 0.744 bits per heavy atom. The molecule has 3 aliphatic rings. The predicted octanol–water partition coefficient (Wildman–Crippen LogP) is -4.50. The van der Waals surface area contributed by atoms with Crippen LogP contribution in [0.1, 0.15) is 100 Å². The third kappa shape index (κ3) is 16.7. The number of ether oxygens (including phenoxy) is 2. The van der Waals surface area contributed by atoms with Crippen LogP contribution in [0, 0.1) is 0 Å². The van der Waals surface area contributed by atoms with E-state index in [0.717, 1.165) is 79.5 Å². The number of phenolic OH excluding ortho intramolecular Hbond substituents is 1. The van der Waals surface area contributed by atoms with Gasteiger partial charge in [-0.05, 0) is 61.7 Å². The molecule has 0 spiro atoms. The SMILES string of the molecule is CCCCCCCCOc1ccc(C(=O)N[C@@H]2C[C@H](O)[C@@H](OCCN)NC(=O)C3[C@@H](O)CCN3C(=O)C([C@@H](O)CC(N)=O)NC(=O)C([C@H](O)[C@@H](O)c3ccc(O)cc3)NC(=O)C3CC(O)CN3C(=O)C([C@@H](C)O)NC2=O)cc1. The van der Waals surface area contributed by atoms with E-state index in [1.165, 1.54) is 24.3 Å². The van der Waals surface area contributed by atoms with Gasteiger partial charge < -0.3 is 98.2 Å². The maximum absolute atomic E-state index is 14.6. The first-order valence-corrected chi connectivity index (χ1v) is 26.1. The van der Waals surface area contributed by atoms with Gasteiger partial charge in [0, 0.05) is 38.0 Å². The Kier molecular flexibility index (Phi) is 23.5. The average Bonchev–Trinajstić information content (AvgIpc) is 4.00. The molecule has 0 saturated carbocycles. The van der Waals surface area contributed by atoms with Crippen molar-refractivity contribution in [2.24, 2.45) is 11.5 Å². The van der Waals surface area contributed by atoms with Crippen molar-refractivity contribution >= 4 is 47.3 Å². The number of amides is 8. The van der Waals surface area contributed by atoms with E-state index in [1.54, 1.807) is 0 Å². The molecule has 5 rings (SSSR count). The normalized spacial score (nSPS) is 27.4. The Labute approximate surface area is 450 Å². The highest BCUT2D eigenvalue weighted by atomic mass is 16.5. The van der Waals surface area contributed by atoms with Crippen molar-refractivity contribution < 1.29 is 88.7 Å². The Hall–Kier alpha value is -6.56. The number of carbonyl (C=O) groups is 8. The minimum Gasteiger partial charge on any atom is -0.508 e. The molecule has 3 fully saturated rings. The zero-order valence-electron chi connectivity index (χ0n) is 43.5. The second-order valence-electron chi connectivity index (χ2n) is 19.8. The number of aliphatic hydroxyl groups excluding tert-OH is 7. The van der Waals surface area contributed by atoms with E-state index in [2.05, 4.69) is 33.5 Å². The van der Waals surface area contributed by atoms with Gasteiger partial charge in [0.15, 0.2) is 6.23 Å². The first-order valence-electron chi connectivity index (χ1n) is 26.1. The molecule has 0 radical (unpaired) electrons. The van der Waals surface area contributed by atoms with Gasteiger partial charge in [-0.1, -0.05) is 51.2 Å². The summed E-state index contributed by atoms with van der Waals surface area (Å²) in [6.45, 7) is 2.05. The molecule has 27 nitrogen and oxygen atoms in total. The number of aromatic hydroxyl groups is 1. The number of hydrogen-bond acceptors (Lipinski definition) is 19. The number of nitrogens with one attached hydrogen (secondary N) is 5. The molecule has 3 saturated heterocycles. The molecule has 0 bridgehead atoms. The fraction of sp³-hybridized carbons (Fsp3) is 0.608. The molecule has 14 atom stereocenters. The third-order valence-electron chi connectivity index (χ3n) is 13.7. The van der Waals surface area contributed by atoms with Crippen molar-refractivity contribution in [2.45, 2.75) is 163 Å². The van der Waals surface area contributed by atoms with Crippen molar-refractivity contribution in [3.63, 3.8) is 0 Å². The highest BCUT2D eigenvalue weighted by Crippen LogP contribution is 2.26. The van der Waals surface area contributed by atoms with E-state index >= 15 is 0 Å². The number of nitrogens with zero attached hydrogens (tertiary/aromatic N) is 2. The smallest absolute Gasteiger partial charge is 0.251 e. The van der Waals surface area contributed by atoms with Gasteiger partial charge in [-0.25, -0.2) is 0 Å². The molecule has 432 valence electrons. The van der Waals surface area contributed by atoms with Gasteiger partial charge in [0.1, 0.15) is 66.1 Å². The van der Waals surface area contributed by atoms with Crippen LogP contribution >= 0.6 is 0 Å². The number of nitrogens with two attached hydrogens (primary N) is 2. The molecule has 3 aliphatic heterocycles. The summed E-state index contributed by atoms with van der Waals surface area (Å²) in [7, 11) is 0. The van der Waals surface area contributed by atoms with Crippen LogP contribution < -0.4 is 42.8 Å². The Morgan fingerprint density at radius 3 is 2.01 bits per heavy atom. The molecule has 17 N–H and O–H groups in total. The van der Waals surface area contributed by atoms with Gasteiger partial charge in [-0.3, -0.25) is 38.4 Å². The summed E-state index contributed by atoms with van der Waals surface area (Å²) in [6, 6.07) is -1.63. The van der Waals surface area contributed by atoms with Crippen LogP contribution in [-0.2, 0) is 38.3 Å². The predicted molar refractivity (Wildman–Crippen MR) is 273 cm³/mol. The molecule has 6 unspecified atom stereocenters. The average molecular weight is 1100 g/mol. The molecule has 8 amide bonds. The molecular formula is C51H75N9O18. The van der Waals surface area contributed by atoms with Crippen molar-refractivity contribution in [3.05, 3.63) is 59.7 Å². The minimum atomic E-state index is -2.37. The highest BCUT2D eigenvalue weighted by Gasteiger charge is 2.49. The summed E-state index contributed by atoms with van der Waals surface area (Å²) in [5.74, 6) is -9.61. The van der Waals surface area contributed by atoms with Gasteiger partial charge in [0.05, 0.1) is 44.1 Å². The number of primary amides is 1. The molecular weight excluding hydrogens is 1030 g/mol. The van der Waals surface area contributed by atoms with E-state index in [1.807, 2.05) is 0 Å². The number of carbonyl (C=O) groups excluding carboxylic acids is 8. The first-order chi connectivity index (χ1) is 37.1. The third-order valence-corrected chi connectivity index (χ3v) is 13.7. The second kappa shape index (κ2) is 29.4. The van der Waals surface area contributed by atoms with Crippen molar-refractivity contribution in [1.29, 1.82) is 0 Å². The standard InChI is InChI=1S/C51H75N9O18/c1-3-4-5-6-7-8-20-77-31-15-11-28(12-16-31)44(70)54-32-23-36(66)49(78-21-18-52)58-48(74)41-34(64)17-19-59(41)51(76)39(35(65)24-37(53)67)56-47(73)40(43(69)42(68)27-9-13-29(62)14-10-27)57-46(72)33-22-30(63)25-60(33)50(75)38(26(2)61)55-45(32)71/h9-16,26,30,32-36,38-43,49,61-66,68-69H,3-8,17-25,52H2,1-2H3,(H2,53,67)(H,54,70)(H,55,71)(H,56,73)(H,57,72)(H,58,74)/t26-,30?,32-,33?,34+,35+,36+,38?,39?,40?,41?,42+,43+,49-/m1/s1. The summed E-state index contributed by atoms with van der Waals surface area (Å²) in [5.41, 5.74) is 11.0. The molecule has 3 heterocycles. The number of hydrogen-bond donors (Lipinski definition) is 15. The van der Waals surface area contributed by atoms with E-state index in [-0.39, 0.29) is 36.4 Å². The van der Waals surface area contributed by atoms with Crippen LogP contribution in [0.4, 0.5) is 0 Å². The molecule has 27 heteroatoms. The minimum absolute atomic E-state index is 0.00469. The largest absolute Gasteiger partial charge is 0.508 e. The van der Waals surface area contributed by atoms with Gasteiger partial charge in [-0.15, -0.1) is 0 Å². The molecule has 0 aromatic heterocycles. The maximum atomic E-state index is 14.6. The van der Waals surface area contributed by atoms with Crippen LogP contribution in [0.2, 0.25) is 0 Å². The van der Waals surface area contributed by atoms with Gasteiger partial charge in [0.2, 0.25) is 41.4 Å². The lowest BCUT2D eigenvalue weighted by molar-refractivity contribution is -0.150. The van der Waals surface area contributed by atoms with Gasteiger partial charge in [-0.2, -0.15) is 0 Å². The van der Waals surface area contributed by atoms with E-state index in [9.17, 15) is 79.2 Å². The summed E-state index contributed by atoms with van der Waals surface area (Å²) in [5, 5.41) is 101. The molecule has 78 heavy (non-hydrogen) atoms. The lowest BCUT2D eigenvalue weighted by Crippen LogP contribution is -2.64. The molecule has 0 aliphatic carbocycles. The number of rotatable bonds is 20. The number of benzene rings is 2. The fourth-order valence-electron chi connectivity index (χ4n) is 9.42. The quantitative estimate of drug-likeness (QED) is 0.0556. The lowest BCUT2D eigenvalue weighted by Gasteiger charge is -2.34. The fourth-order valence-corrected chi connectivity index (χ4v) is 9.42. The summed E-state index contributed by atoms with van der Waals surface area (Å²) in [6.07, 6.45) is -11.8. The van der Waals surface area contributed by atoms with Crippen molar-refractivity contribution in [1.82, 2.24) is 36.4 Å². The number of unbranched alkanes of at least 4 members (excludes halogenated alkanes) is 5. The Bertz CT molecular complexity index is 2370. The molecule has 2 aromatic carbocycles. The summed E-state index contributed by atoms with van der Waals surface area (Å²) in [4.78, 5) is 114. The van der Waals surface area contributed by atoms with Crippen LogP contribution in [-0.4, -0.2) is 210 Å².